The second-order valence-electron chi connectivity index (χ2n) is 2.92. The second-order valence-corrected chi connectivity index (χ2v) is 3.62. The van der Waals surface area contributed by atoms with Crippen molar-refractivity contribution in [2.75, 3.05) is 7.11 Å². The van der Waals surface area contributed by atoms with Crippen molar-refractivity contribution in [1.29, 1.82) is 0 Å². The first kappa shape index (κ1) is 9.74. The summed E-state index contributed by atoms with van der Waals surface area (Å²) in [5.74, 6) is 0. The molecule has 4 heteroatoms. The molecule has 12 heavy (non-hydrogen) atoms. The van der Waals surface area contributed by atoms with E-state index in [1.807, 2.05) is 6.20 Å². The van der Waals surface area contributed by atoms with Crippen molar-refractivity contribution < 1.29 is 4.74 Å². The van der Waals surface area contributed by atoms with E-state index in [2.05, 4.69) is 39.3 Å². The summed E-state index contributed by atoms with van der Waals surface area (Å²) in [6.45, 7) is 4.84. The Hall–Kier alpha value is -0.350. The Morgan fingerprint density at radius 3 is 2.83 bits per heavy atom. The van der Waals surface area contributed by atoms with Crippen molar-refractivity contribution in [3.63, 3.8) is 0 Å². The lowest BCUT2D eigenvalue weighted by Crippen LogP contribution is -2.06. The first-order valence-electron chi connectivity index (χ1n) is 3.87. The minimum atomic E-state index is 0.409. The van der Waals surface area contributed by atoms with Gasteiger partial charge in [0.1, 0.15) is 0 Å². The molecule has 0 aliphatic carbocycles. The molecule has 1 aromatic heterocycles. The van der Waals surface area contributed by atoms with Crippen LogP contribution in [0.5, 0.6) is 0 Å². The van der Waals surface area contributed by atoms with E-state index < -0.39 is 0 Å². The molecule has 0 unspecified atom stereocenters. The molecule has 0 N–H and O–H groups in total. The molecule has 0 fully saturated rings. The molecule has 3 nitrogen and oxygen atoms in total. The van der Waals surface area contributed by atoms with Gasteiger partial charge in [0.05, 0.1) is 18.5 Å². The molecule has 0 aromatic carbocycles. The zero-order valence-electron chi connectivity index (χ0n) is 7.54. The van der Waals surface area contributed by atoms with Gasteiger partial charge in [-0.05, 0) is 29.8 Å². The largest absolute Gasteiger partial charge is 0.378 e. The van der Waals surface area contributed by atoms with Crippen LogP contribution in [0.2, 0.25) is 0 Å². The summed E-state index contributed by atoms with van der Waals surface area (Å²) in [4.78, 5) is 4.16. The zero-order chi connectivity index (χ0) is 9.14. The monoisotopic (exact) mass is 232 g/mol. The van der Waals surface area contributed by atoms with Crippen molar-refractivity contribution in [2.45, 2.75) is 26.5 Å². The molecule has 0 aliphatic heterocycles. The highest BCUT2D eigenvalue weighted by atomic mass is 79.9. The molecule has 0 radical (unpaired) electrons. The number of aromatic nitrogens is 2. The van der Waals surface area contributed by atoms with Crippen molar-refractivity contribution in [1.82, 2.24) is 9.55 Å². The molecule has 0 aliphatic rings. The number of imidazole rings is 1. The predicted molar refractivity (Wildman–Crippen MR) is 51.0 cm³/mol. The van der Waals surface area contributed by atoms with E-state index in [9.17, 15) is 0 Å². The summed E-state index contributed by atoms with van der Waals surface area (Å²) in [7, 11) is 1.69. The third-order valence-electron chi connectivity index (χ3n) is 1.64. The maximum Gasteiger partial charge on any atom is 0.177 e. The number of nitrogens with zero attached hydrogens (tertiary/aromatic N) is 2. The number of hydrogen-bond acceptors (Lipinski definition) is 2. The third kappa shape index (κ3) is 1.87. The Kier molecular flexibility index (Phi) is 3.29. The minimum absolute atomic E-state index is 0.409. The van der Waals surface area contributed by atoms with Gasteiger partial charge in [0.15, 0.2) is 4.73 Å². The Morgan fingerprint density at radius 2 is 2.33 bits per heavy atom. The van der Waals surface area contributed by atoms with Crippen LogP contribution in [0.3, 0.4) is 0 Å². The fourth-order valence-electron chi connectivity index (χ4n) is 1.17. The third-order valence-corrected chi connectivity index (χ3v) is 2.22. The maximum atomic E-state index is 5.05. The quantitative estimate of drug-likeness (QED) is 0.801. The summed E-state index contributed by atoms with van der Waals surface area (Å²) in [5, 5.41) is 0. The normalized spacial score (nSPS) is 11.1. The van der Waals surface area contributed by atoms with Gasteiger partial charge >= 0.3 is 0 Å². The molecular weight excluding hydrogens is 220 g/mol. The van der Waals surface area contributed by atoms with Gasteiger partial charge in [0.2, 0.25) is 0 Å². The van der Waals surface area contributed by atoms with Crippen molar-refractivity contribution in [3.8, 4) is 0 Å². The average Bonchev–Trinajstić information content (AvgIpc) is 2.32. The van der Waals surface area contributed by atoms with Crippen molar-refractivity contribution in [3.05, 3.63) is 16.6 Å². The zero-order valence-corrected chi connectivity index (χ0v) is 9.13. The predicted octanol–water partition coefficient (Wildman–Crippen LogP) is 2.37. The smallest absolute Gasteiger partial charge is 0.177 e. The summed E-state index contributed by atoms with van der Waals surface area (Å²) in [5.41, 5.74) is 1.10. The highest BCUT2D eigenvalue weighted by Gasteiger charge is 2.09. The molecule has 0 spiro atoms. The molecule has 1 rings (SSSR count). The molecular formula is C8H13BrN2O. The van der Waals surface area contributed by atoms with Gasteiger partial charge in [-0.1, -0.05) is 0 Å². The molecule has 0 bridgehead atoms. The van der Waals surface area contributed by atoms with Gasteiger partial charge in [-0.2, -0.15) is 0 Å². The number of halogens is 1. The molecule has 0 atom stereocenters. The van der Waals surface area contributed by atoms with E-state index in [0.29, 0.717) is 12.6 Å². The maximum absolute atomic E-state index is 5.05. The Morgan fingerprint density at radius 1 is 1.67 bits per heavy atom. The molecule has 68 valence electrons. The summed E-state index contributed by atoms with van der Waals surface area (Å²) in [6, 6.07) is 0.409. The number of ether oxygens (including phenoxy) is 1. The summed E-state index contributed by atoms with van der Waals surface area (Å²) < 4.78 is 8.02. The molecule has 1 heterocycles. The summed E-state index contributed by atoms with van der Waals surface area (Å²) >= 11 is 3.38. The lowest BCUT2D eigenvalue weighted by atomic mass is 10.3. The van der Waals surface area contributed by atoms with Gasteiger partial charge in [0, 0.05) is 13.2 Å². The first-order valence-corrected chi connectivity index (χ1v) is 4.66. The van der Waals surface area contributed by atoms with Crippen LogP contribution in [-0.4, -0.2) is 16.7 Å². The van der Waals surface area contributed by atoms with Crippen molar-refractivity contribution >= 4 is 15.9 Å². The van der Waals surface area contributed by atoms with Crippen LogP contribution < -0.4 is 0 Å². The van der Waals surface area contributed by atoms with Crippen LogP contribution in [0, 0.1) is 0 Å². The van der Waals surface area contributed by atoms with E-state index in [-0.39, 0.29) is 0 Å². The standard InChI is InChI=1S/C8H13BrN2O/c1-6(2)11-7(5-12-3)4-10-8(11)9/h4,6H,5H2,1-3H3. The minimum Gasteiger partial charge on any atom is -0.378 e. The van der Waals surface area contributed by atoms with Crippen LogP contribution in [0.4, 0.5) is 0 Å². The van der Waals surface area contributed by atoms with Crippen LogP contribution in [0.25, 0.3) is 0 Å². The Bertz CT molecular complexity index is 258. The lowest BCUT2D eigenvalue weighted by molar-refractivity contribution is 0.176. The second kappa shape index (κ2) is 4.05. The Labute approximate surface area is 80.9 Å². The van der Waals surface area contributed by atoms with E-state index in [0.717, 1.165) is 10.4 Å². The molecule has 0 amide bonds. The fraction of sp³-hybridized carbons (Fsp3) is 0.625. The molecule has 0 saturated carbocycles. The van der Waals surface area contributed by atoms with Crippen LogP contribution >= 0.6 is 15.9 Å². The SMILES string of the molecule is COCc1cnc(Br)n1C(C)C. The molecule has 1 aromatic rings. The van der Waals surface area contributed by atoms with E-state index in [4.69, 9.17) is 4.74 Å². The molecule has 0 saturated heterocycles. The first-order chi connectivity index (χ1) is 5.66. The highest BCUT2D eigenvalue weighted by molar-refractivity contribution is 9.10. The number of methoxy groups -OCH3 is 1. The fourth-order valence-corrected chi connectivity index (χ4v) is 1.91. The van der Waals surface area contributed by atoms with Crippen LogP contribution in [0.15, 0.2) is 10.9 Å². The van der Waals surface area contributed by atoms with Gasteiger partial charge in [-0.25, -0.2) is 4.98 Å². The van der Waals surface area contributed by atoms with Crippen molar-refractivity contribution in [2.24, 2.45) is 0 Å². The van der Waals surface area contributed by atoms with Gasteiger partial charge in [-0.15, -0.1) is 0 Å². The van der Waals surface area contributed by atoms with E-state index in [1.165, 1.54) is 0 Å². The van der Waals surface area contributed by atoms with E-state index in [1.54, 1.807) is 7.11 Å². The van der Waals surface area contributed by atoms with E-state index >= 15 is 0 Å². The summed E-state index contributed by atoms with van der Waals surface area (Å²) in [6.07, 6.45) is 1.83. The van der Waals surface area contributed by atoms with Gasteiger partial charge < -0.3 is 9.30 Å². The highest BCUT2D eigenvalue weighted by Crippen LogP contribution is 2.18. The Balaban J connectivity index is 2.95. The van der Waals surface area contributed by atoms with Gasteiger partial charge in [-0.3, -0.25) is 0 Å². The number of rotatable bonds is 3. The van der Waals surface area contributed by atoms with Crippen LogP contribution in [0.1, 0.15) is 25.6 Å². The van der Waals surface area contributed by atoms with Crippen LogP contribution in [-0.2, 0) is 11.3 Å². The van der Waals surface area contributed by atoms with Gasteiger partial charge in [0.25, 0.3) is 0 Å². The topological polar surface area (TPSA) is 27.1 Å². The average molecular weight is 233 g/mol. The lowest BCUT2D eigenvalue weighted by Gasteiger charge is -2.12. The number of hydrogen-bond donors (Lipinski definition) is 0.